The number of amides is 1. The molecule has 0 bridgehead atoms. The molecule has 232 valence electrons. The number of allylic oxidation sites excluding steroid dienone is 1. The van der Waals surface area contributed by atoms with Gasteiger partial charge >= 0.3 is 11.9 Å². The molecule has 0 aromatic carbocycles. The summed E-state index contributed by atoms with van der Waals surface area (Å²) in [7, 11) is 0. The highest BCUT2D eigenvalue weighted by atomic mass is 16.4. The number of carbonyl (C=O) groups excluding carboxylic acids is 3. The summed E-state index contributed by atoms with van der Waals surface area (Å²) in [6.45, 7) is 14.5. The average Bonchev–Trinajstić information content (AvgIpc) is 3.66. The van der Waals surface area contributed by atoms with Crippen LogP contribution in [0.2, 0.25) is 0 Å². The lowest BCUT2D eigenvalue weighted by molar-refractivity contribution is -0.138. The minimum Gasteiger partial charge on any atom is -0.481 e. The number of aromatic nitrogens is 3. The van der Waals surface area contributed by atoms with Crippen molar-refractivity contribution in [3.63, 3.8) is 0 Å². The van der Waals surface area contributed by atoms with E-state index in [0.717, 1.165) is 5.56 Å². The summed E-state index contributed by atoms with van der Waals surface area (Å²) >= 11 is 0. The van der Waals surface area contributed by atoms with Gasteiger partial charge in [0, 0.05) is 40.4 Å². The van der Waals surface area contributed by atoms with Gasteiger partial charge in [-0.1, -0.05) is 25.3 Å². The van der Waals surface area contributed by atoms with Crippen LogP contribution in [0.4, 0.5) is 0 Å². The summed E-state index contributed by atoms with van der Waals surface area (Å²) in [4.78, 5) is 74.2. The van der Waals surface area contributed by atoms with Crippen molar-refractivity contribution in [1.29, 1.82) is 0 Å². The number of aliphatic imine (C=N–C) groups is 1. The van der Waals surface area contributed by atoms with Crippen LogP contribution < -0.4 is 10.7 Å². The van der Waals surface area contributed by atoms with Crippen molar-refractivity contribution in [2.45, 2.75) is 53.4 Å². The topological polar surface area (TPSA) is 186 Å². The molecule has 0 radical (unpaired) electrons. The molecule has 1 amide bonds. The van der Waals surface area contributed by atoms with Gasteiger partial charge in [0.2, 0.25) is 5.78 Å². The number of aromatic amines is 3. The van der Waals surface area contributed by atoms with E-state index in [0.29, 0.717) is 67.4 Å². The fraction of sp³-hybridized carbons (Fsp3) is 0.235. The van der Waals surface area contributed by atoms with Gasteiger partial charge < -0.3 is 25.2 Å². The fourth-order valence-electron chi connectivity index (χ4n) is 5.58. The van der Waals surface area contributed by atoms with E-state index in [1.54, 1.807) is 32.9 Å². The molecule has 45 heavy (non-hydrogen) atoms. The molecule has 0 saturated carbocycles. The quantitative estimate of drug-likeness (QED) is 0.145. The molecule has 4 rings (SSSR count). The summed E-state index contributed by atoms with van der Waals surface area (Å²) in [5.41, 5.74) is 6.30. The number of carbonyl (C=O) groups is 5. The van der Waals surface area contributed by atoms with Crippen LogP contribution in [0.3, 0.4) is 0 Å². The lowest BCUT2D eigenvalue weighted by Crippen LogP contribution is -2.15. The van der Waals surface area contributed by atoms with Gasteiger partial charge in [-0.3, -0.25) is 24.0 Å². The number of hydrogen-bond acceptors (Lipinski definition) is 5. The van der Waals surface area contributed by atoms with Gasteiger partial charge in [0.1, 0.15) is 0 Å². The number of nitrogens with one attached hydrogen (secondary N) is 3. The number of ketones is 1. The smallest absolute Gasteiger partial charge is 0.303 e. The van der Waals surface area contributed by atoms with E-state index < -0.39 is 23.6 Å². The molecule has 1 aliphatic heterocycles. The lowest BCUT2D eigenvalue weighted by atomic mass is 10.00. The number of H-pyrrole nitrogens is 3. The van der Waals surface area contributed by atoms with E-state index in [1.807, 2.05) is 6.92 Å². The Labute approximate surface area is 258 Å². The molecular weight excluding hydrogens is 576 g/mol. The van der Waals surface area contributed by atoms with Gasteiger partial charge in [-0.2, -0.15) is 0 Å². The summed E-state index contributed by atoms with van der Waals surface area (Å²) < 4.78 is 0. The number of carboxylic acids is 2. The monoisotopic (exact) mass is 610 g/mol. The lowest BCUT2D eigenvalue weighted by Gasteiger charge is -2.02. The Kier molecular flexibility index (Phi) is 9.32. The van der Waals surface area contributed by atoms with Gasteiger partial charge in [-0.05, 0) is 86.1 Å². The second kappa shape index (κ2) is 13.0. The molecule has 0 spiro atoms. The van der Waals surface area contributed by atoms with Crippen LogP contribution in [-0.4, -0.2) is 60.8 Å². The Morgan fingerprint density at radius 3 is 1.96 bits per heavy atom. The summed E-state index contributed by atoms with van der Waals surface area (Å²) in [5, 5.41) is 20.0. The zero-order chi connectivity index (χ0) is 33.2. The normalized spacial score (nSPS) is 13.9. The van der Waals surface area contributed by atoms with E-state index in [2.05, 4.69) is 33.1 Å². The Hall–Kier alpha value is -5.58. The first-order valence-corrected chi connectivity index (χ1v) is 14.2. The van der Waals surface area contributed by atoms with Crippen LogP contribution >= 0.6 is 0 Å². The second-order valence-corrected chi connectivity index (χ2v) is 10.8. The molecule has 3 aromatic heterocycles. The first-order valence-electron chi connectivity index (χ1n) is 14.2. The Morgan fingerprint density at radius 2 is 1.40 bits per heavy atom. The van der Waals surface area contributed by atoms with Crippen LogP contribution in [0.1, 0.15) is 85.5 Å². The molecule has 0 unspecified atom stereocenters. The Morgan fingerprint density at radius 1 is 0.778 bits per heavy atom. The van der Waals surface area contributed by atoms with Crippen LogP contribution in [0.25, 0.3) is 18.2 Å². The molecule has 0 saturated heterocycles. The predicted molar refractivity (Wildman–Crippen MR) is 170 cm³/mol. The van der Waals surface area contributed by atoms with E-state index in [-0.39, 0.29) is 42.8 Å². The van der Waals surface area contributed by atoms with Crippen molar-refractivity contribution < 1.29 is 34.2 Å². The molecule has 0 aliphatic carbocycles. The maximum Gasteiger partial charge on any atom is 0.303 e. The standard InChI is InChI=1S/C34H34N4O7/c1-7-20-16(3)28(15-39)37-32(20)33(44)31-19(6)23(10-12-30(42)43)27(36-31)14-26-22(9-11-29(40)41)18(5)24(35-26)13-25-17(4)21(8-2)34(45)38-25/h7-8,13-15,35-37H,1-2,9-12H2,3-6H3,(H,40,41)(H,42,43)/b24-13-,26-14-. The zero-order valence-corrected chi connectivity index (χ0v) is 25.5. The minimum atomic E-state index is -1.01. The van der Waals surface area contributed by atoms with Crippen molar-refractivity contribution in [2.75, 3.05) is 0 Å². The van der Waals surface area contributed by atoms with Crippen molar-refractivity contribution in [3.8, 4) is 0 Å². The highest BCUT2D eigenvalue weighted by molar-refractivity contribution is 6.31. The number of aliphatic carboxylic acids is 2. The van der Waals surface area contributed by atoms with Crippen molar-refractivity contribution in [2.24, 2.45) is 4.99 Å². The fourth-order valence-corrected chi connectivity index (χ4v) is 5.58. The van der Waals surface area contributed by atoms with Crippen molar-refractivity contribution in [1.82, 2.24) is 15.0 Å². The van der Waals surface area contributed by atoms with Crippen molar-refractivity contribution in [3.05, 3.63) is 97.2 Å². The van der Waals surface area contributed by atoms with Gasteiger partial charge in [0.15, 0.2) is 6.29 Å². The number of rotatable bonds is 13. The maximum absolute atomic E-state index is 13.8. The van der Waals surface area contributed by atoms with E-state index in [9.17, 15) is 34.2 Å². The van der Waals surface area contributed by atoms with Gasteiger partial charge in [0.05, 0.1) is 22.8 Å². The van der Waals surface area contributed by atoms with Gasteiger partial charge in [-0.25, -0.2) is 4.99 Å². The predicted octanol–water partition coefficient (Wildman–Crippen LogP) is 3.41. The molecule has 1 aliphatic rings. The van der Waals surface area contributed by atoms with Crippen LogP contribution in [-0.2, 0) is 27.2 Å². The number of aldehydes is 1. The molecule has 5 N–H and O–H groups in total. The summed E-state index contributed by atoms with van der Waals surface area (Å²) in [6, 6.07) is 0. The minimum absolute atomic E-state index is 0.116. The molecule has 0 atom stereocenters. The van der Waals surface area contributed by atoms with Crippen LogP contribution in [0, 0.1) is 20.8 Å². The zero-order valence-electron chi connectivity index (χ0n) is 25.5. The highest BCUT2D eigenvalue weighted by Crippen LogP contribution is 2.27. The molecule has 11 heteroatoms. The highest BCUT2D eigenvalue weighted by Gasteiger charge is 2.25. The largest absolute Gasteiger partial charge is 0.481 e. The number of nitrogens with zero attached hydrogens (tertiary/aromatic N) is 1. The van der Waals surface area contributed by atoms with Crippen LogP contribution in [0.5, 0.6) is 0 Å². The molecular formula is C34H34N4O7. The number of carboxylic acid groups (broad SMARTS) is 2. The Bertz CT molecular complexity index is 1990. The molecule has 0 fully saturated rings. The van der Waals surface area contributed by atoms with Crippen molar-refractivity contribution >= 4 is 53.9 Å². The third kappa shape index (κ3) is 6.23. The van der Waals surface area contributed by atoms with Crippen LogP contribution in [0.15, 0.2) is 35.4 Å². The summed E-state index contributed by atoms with van der Waals surface area (Å²) in [5.74, 6) is -2.81. The third-order valence-corrected chi connectivity index (χ3v) is 8.17. The van der Waals surface area contributed by atoms with Gasteiger partial charge in [-0.15, -0.1) is 0 Å². The average molecular weight is 611 g/mol. The van der Waals surface area contributed by atoms with E-state index >= 15 is 0 Å². The molecule has 11 nitrogen and oxygen atoms in total. The maximum atomic E-state index is 13.8. The first kappa shape index (κ1) is 32.3. The second-order valence-electron chi connectivity index (χ2n) is 10.8. The van der Waals surface area contributed by atoms with Gasteiger partial charge in [0.25, 0.3) is 5.91 Å². The SMILES string of the molecule is C=CC1=C(C)C(/C=c2\[nH]/c(=C\c3[nH]c(C(=O)c4[nH]c(C=O)c(C)c4C=C)c(C)c3CCC(=O)O)c(CCC(=O)O)c2C)=NC1=O. The summed E-state index contributed by atoms with van der Waals surface area (Å²) in [6.07, 6.45) is 6.99. The Balaban J connectivity index is 1.95. The van der Waals surface area contributed by atoms with E-state index in [4.69, 9.17) is 0 Å². The first-order chi connectivity index (χ1) is 21.3. The van der Waals surface area contributed by atoms with E-state index in [1.165, 1.54) is 12.2 Å². The molecule has 3 aromatic rings. The third-order valence-electron chi connectivity index (χ3n) is 8.17. The molecule has 4 heterocycles. The number of hydrogen-bond donors (Lipinski definition) is 5.